The Labute approximate surface area is 292 Å². The van der Waals surface area contributed by atoms with Gasteiger partial charge in [-0.15, -0.1) is 0 Å². The number of sulfone groups is 1. The SMILES string of the molecule is CN(CCCC1(c2cc3c(Nc4ccc(OCc5cccc(F)c5)c(Br)c4)ncnc3cc2F)CC=CO1)CCS(=O)(=O)c1ccccc1. The number of nitrogens with zero attached hydrogens (tertiary/aromatic N) is 3. The molecule has 0 fully saturated rings. The Kier molecular flexibility index (Phi) is 10.6. The molecule has 2 heterocycles. The standard InChI is InChI=1S/C37H35BrF2N4O4S/c1-44(17-19-49(45,46)29-10-3-2-4-11-29)16-6-14-37(15-7-18-48-37)31-22-30-34(23-33(31)40)41-25-42-36(30)43-28-12-13-35(32(38)21-28)47-24-26-8-5-9-27(39)20-26/h2-5,7-13,18,20-23,25H,6,14-17,19,24H2,1H3,(H,41,42,43). The van der Waals surface area contributed by atoms with Gasteiger partial charge >= 0.3 is 0 Å². The van der Waals surface area contributed by atoms with Crippen LogP contribution in [0.15, 0.2) is 113 Å². The van der Waals surface area contributed by atoms with E-state index in [4.69, 9.17) is 9.47 Å². The lowest BCUT2D eigenvalue weighted by Crippen LogP contribution is -2.30. The molecule has 0 saturated heterocycles. The van der Waals surface area contributed by atoms with Gasteiger partial charge in [-0.3, -0.25) is 0 Å². The van der Waals surface area contributed by atoms with E-state index in [1.54, 1.807) is 60.9 Å². The lowest BCUT2D eigenvalue weighted by Gasteiger charge is -2.31. The smallest absolute Gasteiger partial charge is 0.179 e. The predicted octanol–water partition coefficient (Wildman–Crippen LogP) is 8.31. The highest BCUT2D eigenvalue weighted by molar-refractivity contribution is 9.10. The highest BCUT2D eigenvalue weighted by Gasteiger charge is 2.38. The molecule has 1 N–H and O–H groups in total. The zero-order valence-corrected chi connectivity index (χ0v) is 29.2. The Balaban J connectivity index is 1.15. The molecule has 4 aromatic carbocycles. The number of fused-ring (bicyclic) bond motifs is 1. The molecule has 1 atom stereocenters. The first-order chi connectivity index (χ1) is 23.6. The molecule has 0 saturated carbocycles. The Morgan fingerprint density at radius 2 is 1.84 bits per heavy atom. The molecular weight excluding hydrogens is 714 g/mol. The maximum Gasteiger partial charge on any atom is 0.179 e. The number of benzene rings is 4. The molecule has 49 heavy (non-hydrogen) atoms. The van der Waals surface area contributed by atoms with Crippen LogP contribution < -0.4 is 10.1 Å². The highest BCUT2D eigenvalue weighted by Crippen LogP contribution is 2.42. The van der Waals surface area contributed by atoms with Gasteiger partial charge in [0, 0.05) is 35.7 Å². The molecular formula is C37H35BrF2N4O4S. The average molecular weight is 750 g/mol. The van der Waals surface area contributed by atoms with E-state index < -0.39 is 21.3 Å². The number of anilines is 2. The topological polar surface area (TPSA) is 93.7 Å². The number of rotatable bonds is 14. The van der Waals surface area contributed by atoms with Crippen molar-refractivity contribution < 1.29 is 26.7 Å². The molecule has 0 amide bonds. The van der Waals surface area contributed by atoms with Crippen LogP contribution in [-0.2, 0) is 26.8 Å². The van der Waals surface area contributed by atoms with Gasteiger partial charge in [0.05, 0.1) is 26.9 Å². The van der Waals surface area contributed by atoms with Gasteiger partial charge in [-0.25, -0.2) is 27.2 Å². The van der Waals surface area contributed by atoms with Crippen LogP contribution in [-0.4, -0.2) is 49.2 Å². The molecule has 254 valence electrons. The third-order valence-corrected chi connectivity index (χ3v) is 10.8. The van der Waals surface area contributed by atoms with Crippen LogP contribution in [0.1, 0.15) is 30.4 Å². The average Bonchev–Trinajstić information content (AvgIpc) is 3.57. The third-order valence-electron chi connectivity index (χ3n) is 8.49. The number of hydrogen-bond acceptors (Lipinski definition) is 8. The van der Waals surface area contributed by atoms with E-state index in [1.807, 2.05) is 30.2 Å². The second-order valence-corrected chi connectivity index (χ2v) is 15.0. The Hall–Kier alpha value is -4.39. The van der Waals surface area contributed by atoms with Crippen molar-refractivity contribution in [1.82, 2.24) is 14.9 Å². The van der Waals surface area contributed by atoms with Crippen molar-refractivity contribution in [3.8, 4) is 5.75 Å². The number of ether oxygens (including phenoxy) is 2. The second-order valence-electron chi connectivity index (χ2n) is 12.0. The van der Waals surface area contributed by atoms with Crippen LogP contribution in [0.3, 0.4) is 0 Å². The van der Waals surface area contributed by atoms with Gasteiger partial charge in [-0.1, -0.05) is 30.3 Å². The maximum absolute atomic E-state index is 15.8. The summed E-state index contributed by atoms with van der Waals surface area (Å²) in [4.78, 5) is 11.1. The molecule has 0 bridgehead atoms. The van der Waals surface area contributed by atoms with E-state index >= 15 is 4.39 Å². The molecule has 1 aliphatic heterocycles. The fraction of sp³-hybridized carbons (Fsp3) is 0.243. The fourth-order valence-corrected chi connectivity index (χ4v) is 7.70. The normalized spacial score (nSPS) is 15.9. The first kappa shape index (κ1) is 34.5. The minimum atomic E-state index is -3.39. The zero-order valence-electron chi connectivity index (χ0n) is 26.8. The van der Waals surface area contributed by atoms with Gasteiger partial charge in [0.1, 0.15) is 41.7 Å². The van der Waals surface area contributed by atoms with Crippen molar-refractivity contribution >= 4 is 48.2 Å². The number of aromatic nitrogens is 2. The fourth-order valence-electron chi connectivity index (χ4n) is 5.85. The maximum atomic E-state index is 15.8. The Bertz CT molecular complexity index is 2070. The van der Waals surface area contributed by atoms with Crippen molar-refractivity contribution in [2.45, 2.75) is 36.4 Å². The molecule has 0 aliphatic carbocycles. The molecule has 1 unspecified atom stereocenters. The van der Waals surface area contributed by atoms with Crippen LogP contribution in [0.5, 0.6) is 5.75 Å². The summed E-state index contributed by atoms with van der Waals surface area (Å²) in [6.07, 6.45) is 6.53. The van der Waals surface area contributed by atoms with Crippen LogP contribution in [0.25, 0.3) is 10.9 Å². The lowest BCUT2D eigenvalue weighted by molar-refractivity contribution is 0.0252. The first-order valence-electron chi connectivity index (χ1n) is 15.8. The summed E-state index contributed by atoms with van der Waals surface area (Å²) in [5.74, 6) is 0.340. The van der Waals surface area contributed by atoms with Crippen LogP contribution in [0.2, 0.25) is 0 Å². The molecule has 12 heteroatoms. The zero-order chi connectivity index (χ0) is 34.4. The molecule has 8 nitrogen and oxygen atoms in total. The molecule has 0 radical (unpaired) electrons. The summed E-state index contributed by atoms with van der Waals surface area (Å²) in [5, 5.41) is 3.95. The van der Waals surface area contributed by atoms with Gasteiger partial charge in [-0.2, -0.15) is 0 Å². The lowest BCUT2D eigenvalue weighted by atomic mass is 9.85. The quantitative estimate of drug-likeness (QED) is 0.121. The molecule has 5 aromatic rings. The van der Waals surface area contributed by atoms with Gasteiger partial charge in [-0.05, 0) is 103 Å². The van der Waals surface area contributed by atoms with E-state index in [2.05, 4.69) is 31.2 Å². The monoisotopic (exact) mass is 748 g/mol. The highest BCUT2D eigenvalue weighted by atomic mass is 79.9. The van der Waals surface area contributed by atoms with Crippen LogP contribution in [0.4, 0.5) is 20.3 Å². The number of halogens is 3. The first-order valence-corrected chi connectivity index (χ1v) is 18.2. The Morgan fingerprint density at radius 3 is 2.59 bits per heavy atom. The summed E-state index contributed by atoms with van der Waals surface area (Å²) < 4.78 is 67.5. The molecule has 6 rings (SSSR count). The summed E-state index contributed by atoms with van der Waals surface area (Å²) in [5.41, 5.74) is 1.34. The minimum absolute atomic E-state index is 0.00697. The van der Waals surface area contributed by atoms with Crippen molar-refractivity contribution in [3.63, 3.8) is 0 Å². The largest absolute Gasteiger partial charge is 0.490 e. The van der Waals surface area contributed by atoms with Gasteiger partial charge in [0.15, 0.2) is 9.84 Å². The van der Waals surface area contributed by atoms with E-state index in [-0.39, 0.29) is 18.2 Å². The molecule has 0 spiro atoms. The van der Waals surface area contributed by atoms with Crippen LogP contribution >= 0.6 is 15.9 Å². The minimum Gasteiger partial charge on any atom is -0.490 e. The third kappa shape index (κ3) is 8.26. The van der Waals surface area contributed by atoms with Crippen molar-refractivity contribution in [2.24, 2.45) is 0 Å². The van der Waals surface area contributed by atoms with Crippen molar-refractivity contribution in [2.75, 3.05) is 31.2 Å². The second kappa shape index (κ2) is 15.0. The van der Waals surface area contributed by atoms with Crippen LogP contribution in [0, 0.1) is 11.6 Å². The van der Waals surface area contributed by atoms with E-state index in [0.29, 0.717) is 81.0 Å². The van der Waals surface area contributed by atoms with E-state index in [0.717, 1.165) is 0 Å². The van der Waals surface area contributed by atoms with Gasteiger partial charge in [0.25, 0.3) is 0 Å². The summed E-state index contributed by atoms with van der Waals surface area (Å²) in [6.45, 7) is 1.19. The van der Waals surface area contributed by atoms with Crippen molar-refractivity contribution in [1.29, 1.82) is 0 Å². The molecule has 1 aromatic heterocycles. The predicted molar refractivity (Wildman–Crippen MR) is 189 cm³/mol. The summed E-state index contributed by atoms with van der Waals surface area (Å²) in [7, 11) is -1.50. The summed E-state index contributed by atoms with van der Waals surface area (Å²) in [6, 6.07) is 23.3. The Morgan fingerprint density at radius 1 is 1.00 bits per heavy atom. The van der Waals surface area contributed by atoms with Gasteiger partial charge < -0.3 is 19.7 Å². The number of nitrogens with one attached hydrogen (secondary N) is 1. The van der Waals surface area contributed by atoms with E-state index in [1.165, 1.54) is 24.5 Å². The van der Waals surface area contributed by atoms with Gasteiger partial charge in [0.2, 0.25) is 0 Å². The molecule has 1 aliphatic rings. The number of hydrogen-bond donors (Lipinski definition) is 1. The summed E-state index contributed by atoms with van der Waals surface area (Å²) >= 11 is 3.56. The van der Waals surface area contributed by atoms with Crippen molar-refractivity contribution in [3.05, 3.63) is 131 Å². The van der Waals surface area contributed by atoms with E-state index in [9.17, 15) is 12.8 Å².